The highest BCUT2D eigenvalue weighted by Gasteiger charge is 2.31. The van der Waals surface area contributed by atoms with Crippen molar-refractivity contribution in [1.82, 2.24) is 0 Å². The highest BCUT2D eigenvalue weighted by Crippen LogP contribution is 2.39. The fourth-order valence-corrected chi connectivity index (χ4v) is 4.26. The second-order valence-corrected chi connectivity index (χ2v) is 7.68. The van der Waals surface area contributed by atoms with E-state index in [9.17, 15) is 8.42 Å². The fraction of sp³-hybridized carbons (Fsp3) is 0.176. The lowest BCUT2D eigenvalue weighted by atomic mass is 10.1. The van der Waals surface area contributed by atoms with Crippen LogP contribution in [0.15, 0.2) is 59.0 Å². The third-order valence-corrected chi connectivity index (χ3v) is 6.07. The molecule has 0 N–H and O–H groups in total. The summed E-state index contributed by atoms with van der Waals surface area (Å²) in [5, 5.41) is 0.631. The molecule has 0 saturated carbocycles. The number of nitrogens with zero attached hydrogens (tertiary/aromatic N) is 1. The summed E-state index contributed by atoms with van der Waals surface area (Å²) >= 11 is 6.34. The van der Waals surface area contributed by atoms with Crippen molar-refractivity contribution in [2.24, 2.45) is 0 Å². The zero-order chi connectivity index (χ0) is 15.9. The van der Waals surface area contributed by atoms with Crippen LogP contribution in [0.4, 0.5) is 5.69 Å². The van der Waals surface area contributed by atoms with E-state index in [-0.39, 0.29) is 6.54 Å². The van der Waals surface area contributed by atoms with Gasteiger partial charge in [0, 0.05) is 5.56 Å². The van der Waals surface area contributed by atoms with Gasteiger partial charge in [0.25, 0.3) is 10.0 Å². The Hall–Kier alpha value is -1.78. The van der Waals surface area contributed by atoms with Crippen molar-refractivity contribution in [3.8, 4) is 0 Å². The van der Waals surface area contributed by atoms with Crippen LogP contribution in [0.5, 0.6) is 0 Å². The Balaban J connectivity index is 2.15. The topological polar surface area (TPSA) is 37.4 Å². The molecular formula is C17H16ClNO2S. The molecule has 0 amide bonds. The molecule has 5 heteroatoms. The van der Waals surface area contributed by atoms with Crippen LogP contribution in [0.2, 0.25) is 0 Å². The van der Waals surface area contributed by atoms with Gasteiger partial charge >= 0.3 is 0 Å². The van der Waals surface area contributed by atoms with E-state index < -0.39 is 10.0 Å². The normalized spacial score (nSPS) is 15.0. The lowest BCUT2D eigenvalue weighted by Crippen LogP contribution is -2.35. The molecule has 0 aromatic heterocycles. The lowest BCUT2D eigenvalue weighted by molar-refractivity contribution is 0.592. The summed E-state index contributed by atoms with van der Waals surface area (Å²) in [4.78, 5) is 0.290. The Morgan fingerprint density at radius 2 is 1.64 bits per heavy atom. The van der Waals surface area contributed by atoms with Gasteiger partial charge in [0.15, 0.2) is 0 Å². The molecule has 1 aliphatic heterocycles. The van der Waals surface area contributed by atoms with Crippen molar-refractivity contribution >= 4 is 32.3 Å². The predicted molar refractivity (Wildman–Crippen MR) is 90.6 cm³/mol. The maximum absolute atomic E-state index is 13.0. The Morgan fingerprint density at radius 1 is 1.00 bits per heavy atom. The van der Waals surface area contributed by atoms with Gasteiger partial charge in [-0.05, 0) is 37.6 Å². The van der Waals surface area contributed by atoms with Crippen molar-refractivity contribution in [2.45, 2.75) is 18.7 Å². The molecule has 0 atom stereocenters. The van der Waals surface area contributed by atoms with Crippen LogP contribution >= 0.6 is 11.6 Å². The standard InChI is InChI=1S/C17H16ClNO2S/c1-12-7-9-14(10-8-12)22(20,21)19-11-13(2)17(18)15-5-3-4-6-16(15)19/h3-10H,11H2,1-2H3. The number of benzene rings is 2. The smallest absolute Gasteiger partial charge is 0.262 e. The number of aryl methyl sites for hydroxylation is 1. The van der Waals surface area contributed by atoms with Crippen LogP contribution in [-0.2, 0) is 10.0 Å². The van der Waals surface area contributed by atoms with Crippen molar-refractivity contribution in [3.05, 3.63) is 65.2 Å². The van der Waals surface area contributed by atoms with Crippen molar-refractivity contribution in [3.63, 3.8) is 0 Å². The van der Waals surface area contributed by atoms with Crippen LogP contribution in [0.3, 0.4) is 0 Å². The summed E-state index contributed by atoms with van der Waals surface area (Å²) in [6.07, 6.45) is 0. The second kappa shape index (κ2) is 5.45. The first-order valence-corrected chi connectivity index (χ1v) is 8.77. The minimum Gasteiger partial charge on any atom is -0.262 e. The van der Waals surface area contributed by atoms with E-state index in [1.165, 1.54) is 4.31 Å². The number of hydrogen-bond acceptors (Lipinski definition) is 2. The average molecular weight is 334 g/mol. The molecule has 3 rings (SSSR count). The molecule has 3 nitrogen and oxygen atoms in total. The van der Waals surface area contributed by atoms with Crippen LogP contribution in [-0.4, -0.2) is 15.0 Å². The number of halogens is 1. The van der Waals surface area contributed by atoms with Gasteiger partial charge in [-0.15, -0.1) is 0 Å². The van der Waals surface area contributed by atoms with Crippen LogP contribution in [0.25, 0.3) is 5.03 Å². The first-order chi connectivity index (χ1) is 10.4. The van der Waals surface area contributed by atoms with Crippen LogP contribution in [0.1, 0.15) is 18.1 Å². The molecule has 22 heavy (non-hydrogen) atoms. The van der Waals surface area contributed by atoms with E-state index in [0.29, 0.717) is 15.6 Å². The summed E-state index contributed by atoms with van der Waals surface area (Å²) < 4.78 is 27.4. The van der Waals surface area contributed by atoms with Gasteiger partial charge < -0.3 is 0 Å². The fourth-order valence-electron chi connectivity index (χ4n) is 2.53. The molecule has 0 spiro atoms. The molecule has 0 aliphatic carbocycles. The van der Waals surface area contributed by atoms with E-state index in [1.54, 1.807) is 30.3 Å². The summed E-state index contributed by atoms with van der Waals surface area (Å²) in [6.45, 7) is 4.06. The largest absolute Gasteiger partial charge is 0.264 e. The van der Waals surface area contributed by atoms with E-state index in [1.807, 2.05) is 32.0 Å². The molecule has 114 valence electrons. The zero-order valence-corrected chi connectivity index (χ0v) is 13.9. The molecule has 2 aromatic carbocycles. The molecule has 0 unspecified atom stereocenters. The maximum Gasteiger partial charge on any atom is 0.264 e. The summed E-state index contributed by atoms with van der Waals surface area (Å²) in [5.41, 5.74) is 3.25. The minimum absolute atomic E-state index is 0.270. The Kier molecular flexibility index (Phi) is 3.75. The minimum atomic E-state index is -3.61. The van der Waals surface area contributed by atoms with Gasteiger partial charge in [0.1, 0.15) is 0 Å². The first-order valence-electron chi connectivity index (χ1n) is 6.95. The van der Waals surface area contributed by atoms with Crippen molar-refractivity contribution in [1.29, 1.82) is 0 Å². The SMILES string of the molecule is CC1=C(Cl)c2ccccc2N(S(=O)(=O)c2ccc(C)cc2)C1. The van der Waals surface area contributed by atoms with Crippen LogP contribution in [0, 0.1) is 6.92 Å². The van der Waals surface area contributed by atoms with E-state index in [2.05, 4.69) is 0 Å². The maximum atomic E-state index is 13.0. The number of para-hydroxylation sites is 1. The molecule has 1 aliphatic rings. The van der Waals surface area contributed by atoms with E-state index in [4.69, 9.17) is 11.6 Å². The van der Waals surface area contributed by atoms with Gasteiger partial charge in [-0.1, -0.05) is 47.5 Å². The summed E-state index contributed by atoms with van der Waals surface area (Å²) in [6, 6.07) is 14.2. The Morgan fingerprint density at radius 3 is 2.32 bits per heavy atom. The molecule has 0 saturated heterocycles. The Bertz CT molecular complexity index is 854. The number of rotatable bonds is 2. The van der Waals surface area contributed by atoms with Crippen molar-refractivity contribution < 1.29 is 8.42 Å². The van der Waals surface area contributed by atoms with Gasteiger partial charge in [0.05, 0.1) is 22.2 Å². The van der Waals surface area contributed by atoms with Gasteiger partial charge in [0.2, 0.25) is 0 Å². The quantitative estimate of drug-likeness (QED) is 0.827. The Labute approximate surface area is 135 Å². The molecule has 0 bridgehead atoms. The van der Waals surface area contributed by atoms with E-state index >= 15 is 0 Å². The zero-order valence-electron chi connectivity index (χ0n) is 12.4. The molecule has 1 heterocycles. The van der Waals surface area contributed by atoms with Crippen LogP contribution < -0.4 is 4.31 Å². The summed E-state index contributed by atoms with van der Waals surface area (Å²) in [5.74, 6) is 0. The molecule has 0 radical (unpaired) electrons. The molecular weight excluding hydrogens is 318 g/mol. The predicted octanol–water partition coefficient (Wildman–Crippen LogP) is 4.17. The van der Waals surface area contributed by atoms with Gasteiger partial charge in [-0.2, -0.15) is 0 Å². The molecule has 0 fully saturated rings. The lowest BCUT2D eigenvalue weighted by Gasteiger charge is -2.31. The number of fused-ring (bicyclic) bond motifs is 1. The van der Waals surface area contributed by atoms with E-state index in [0.717, 1.165) is 16.7 Å². The number of hydrogen-bond donors (Lipinski definition) is 0. The molecule has 2 aromatic rings. The third-order valence-electron chi connectivity index (χ3n) is 3.77. The van der Waals surface area contributed by atoms with Gasteiger partial charge in [-0.3, -0.25) is 4.31 Å². The average Bonchev–Trinajstić information content (AvgIpc) is 2.51. The summed E-state index contributed by atoms with van der Waals surface area (Å²) in [7, 11) is -3.61. The first kappa shape index (κ1) is 15.1. The number of sulfonamides is 1. The highest BCUT2D eigenvalue weighted by atomic mass is 35.5. The third kappa shape index (κ3) is 2.42. The second-order valence-electron chi connectivity index (χ2n) is 5.44. The van der Waals surface area contributed by atoms with Gasteiger partial charge in [-0.25, -0.2) is 8.42 Å². The monoisotopic (exact) mass is 333 g/mol. The van der Waals surface area contributed by atoms with Crippen molar-refractivity contribution in [2.75, 3.05) is 10.8 Å². The highest BCUT2D eigenvalue weighted by molar-refractivity contribution is 7.92. The number of anilines is 1.